The van der Waals surface area contributed by atoms with Gasteiger partial charge in [0.25, 0.3) is 0 Å². The van der Waals surface area contributed by atoms with Gasteiger partial charge in [-0.05, 0) is 24.6 Å². The molecule has 2 rings (SSSR count). The first-order valence-corrected chi connectivity index (χ1v) is 5.85. The fourth-order valence-corrected chi connectivity index (χ4v) is 1.64. The zero-order chi connectivity index (χ0) is 13.0. The molecule has 0 bridgehead atoms. The Labute approximate surface area is 105 Å². The number of nitrogens with two attached hydrogens (primary N) is 1. The van der Waals surface area contributed by atoms with Crippen molar-refractivity contribution in [2.75, 3.05) is 0 Å². The lowest BCUT2D eigenvalue weighted by atomic mass is 10.2. The standard InChI is InChI=1S/C13H16FN3O/c1-2-17-8-11(7-16-17)9-18-13-4-10(6-15)3-12(14)5-13/h3-5,7-8H,2,6,9,15H2,1H3. The van der Waals surface area contributed by atoms with E-state index in [4.69, 9.17) is 10.5 Å². The van der Waals surface area contributed by atoms with Gasteiger partial charge >= 0.3 is 0 Å². The molecular formula is C13H16FN3O. The van der Waals surface area contributed by atoms with Crippen molar-refractivity contribution in [3.63, 3.8) is 0 Å². The Hall–Kier alpha value is -1.88. The van der Waals surface area contributed by atoms with E-state index in [1.165, 1.54) is 12.1 Å². The third-order valence-corrected chi connectivity index (χ3v) is 2.58. The van der Waals surface area contributed by atoms with Crippen LogP contribution < -0.4 is 10.5 Å². The number of nitrogens with zero attached hydrogens (tertiary/aromatic N) is 2. The van der Waals surface area contributed by atoms with Crippen LogP contribution in [0.3, 0.4) is 0 Å². The quantitative estimate of drug-likeness (QED) is 0.882. The van der Waals surface area contributed by atoms with Gasteiger partial charge < -0.3 is 10.5 Å². The van der Waals surface area contributed by atoms with Crippen molar-refractivity contribution >= 4 is 0 Å². The van der Waals surface area contributed by atoms with Crippen LogP contribution in [0.4, 0.5) is 4.39 Å². The molecule has 1 heterocycles. The summed E-state index contributed by atoms with van der Waals surface area (Å²) in [5.41, 5.74) is 7.15. The Balaban J connectivity index is 2.03. The minimum Gasteiger partial charge on any atom is -0.489 e. The van der Waals surface area contributed by atoms with Gasteiger partial charge in [-0.25, -0.2) is 4.39 Å². The zero-order valence-corrected chi connectivity index (χ0v) is 10.3. The number of aromatic nitrogens is 2. The summed E-state index contributed by atoms with van der Waals surface area (Å²) < 4.78 is 20.6. The summed E-state index contributed by atoms with van der Waals surface area (Å²) in [4.78, 5) is 0. The van der Waals surface area contributed by atoms with E-state index in [0.29, 0.717) is 24.5 Å². The molecule has 2 N–H and O–H groups in total. The number of ether oxygens (including phenoxy) is 1. The van der Waals surface area contributed by atoms with Gasteiger partial charge in [0.1, 0.15) is 18.2 Å². The summed E-state index contributed by atoms with van der Waals surface area (Å²) in [7, 11) is 0. The summed E-state index contributed by atoms with van der Waals surface area (Å²) in [5.74, 6) is 0.150. The van der Waals surface area contributed by atoms with Crippen molar-refractivity contribution in [2.24, 2.45) is 5.73 Å². The number of rotatable bonds is 5. The van der Waals surface area contributed by atoms with Crippen LogP contribution in [-0.4, -0.2) is 9.78 Å². The van der Waals surface area contributed by atoms with E-state index in [9.17, 15) is 4.39 Å². The Morgan fingerprint density at radius 3 is 2.83 bits per heavy atom. The molecule has 0 aliphatic rings. The Bertz CT molecular complexity index is 525. The molecule has 96 valence electrons. The van der Waals surface area contributed by atoms with E-state index in [0.717, 1.165) is 12.1 Å². The van der Waals surface area contributed by atoms with Crippen molar-refractivity contribution in [3.05, 3.63) is 47.5 Å². The van der Waals surface area contributed by atoms with E-state index in [1.54, 1.807) is 12.3 Å². The van der Waals surface area contributed by atoms with Crippen LogP contribution >= 0.6 is 0 Å². The Kier molecular flexibility index (Phi) is 3.94. The van der Waals surface area contributed by atoms with Crippen molar-refractivity contribution < 1.29 is 9.13 Å². The van der Waals surface area contributed by atoms with Crippen LogP contribution in [0.2, 0.25) is 0 Å². The Morgan fingerprint density at radius 2 is 2.17 bits per heavy atom. The molecule has 4 nitrogen and oxygen atoms in total. The largest absolute Gasteiger partial charge is 0.489 e. The summed E-state index contributed by atoms with van der Waals surface area (Å²) >= 11 is 0. The van der Waals surface area contributed by atoms with Gasteiger partial charge in [0.15, 0.2) is 0 Å². The van der Waals surface area contributed by atoms with E-state index in [1.807, 2.05) is 17.8 Å². The summed E-state index contributed by atoms with van der Waals surface area (Å²) in [6.45, 7) is 3.49. The first-order chi connectivity index (χ1) is 8.71. The summed E-state index contributed by atoms with van der Waals surface area (Å²) in [6, 6.07) is 4.50. The smallest absolute Gasteiger partial charge is 0.127 e. The van der Waals surface area contributed by atoms with Crippen LogP contribution in [0.1, 0.15) is 18.1 Å². The zero-order valence-electron chi connectivity index (χ0n) is 10.3. The molecule has 1 aromatic heterocycles. The third kappa shape index (κ3) is 3.07. The van der Waals surface area contributed by atoms with Crippen molar-refractivity contribution in [1.82, 2.24) is 9.78 Å². The molecule has 0 radical (unpaired) electrons. The normalized spacial score (nSPS) is 10.6. The molecule has 0 atom stereocenters. The monoisotopic (exact) mass is 249 g/mol. The Morgan fingerprint density at radius 1 is 1.33 bits per heavy atom. The van der Waals surface area contributed by atoms with Crippen molar-refractivity contribution in [3.8, 4) is 5.75 Å². The second-order valence-electron chi connectivity index (χ2n) is 3.99. The van der Waals surface area contributed by atoms with Gasteiger partial charge in [-0.3, -0.25) is 4.68 Å². The molecule has 18 heavy (non-hydrogen) atoms. The molecule has 0 saturated heterocycles. The van der Waals surface area contributed by atoms with Crippen LogP contribution in [0.5, 0.6) is 5.75 Å². The molecule has 2 aromatic rings. The van der Waals surface area contributed by atoms with Crippen LogP contribution in [0.25, 0.3) is 0 Å². The maximum absolute atomic E-state index is 13.2. The number of hydrogen-bond donors (Lipinski definition) is 1. The summed E-state index contributed by atoms with van der Waals surface area (Å²) in [5, 5.41) is 4.14. The average Bonchev–Trinajstić information content (AvgIpc) is 2.83. The first kappa shape index (κ1) is 12.6. The molecule has 0 aliphatic heterocycles. The SMILES string of the molecule is CCn1cc(COc2cc(F)cc(CN)c2)cn1. The molecule has 0 fully saturated rings. The van der Waals surface area contributed by atoms with E-state index >= 15 is 0 Å². The molecule has 5 heteroatoms. The average molecular weight is 249 g/mol. The fraction of sp³-hybridized carbons (Fsp3) is 0.308. The van der Waals surface area contributed by atoms with Crippen LogP contribution in [0.15, 0.2) is 30.6 Å². The number of benzene rings is 1. The van der Waals surface area contributed by atoms with Crippen LogP contribution in [0, 0.1) is 5.82 Å². The lowest BCUT2D eigenvalue weighted by Crippen LogP contribution is -2.00. The molecular weight excluding hydrogens is 233 g/mol. The number of hydrogen-bond acceptors (Lipinski definition) is 3. The highest BCUT2D eigenvalue weighted by molar-refractivity contribution is 5.29. The maximum atomic E-state index is 13.2. The highest BCUT2D eigenvalue weighted by Gasteiger charge is 2.03. The van der Waals surface area contributed by atoms with Crippen molar-refractivity contribution in [1.29, 1.82) is 0 Å². The third-order valence-electron chi connectivity index (χ3n) is 2.58. The van der Waals surface area contributed by atoms with Crippen molar-refractivity contribution in [2.45, 2.75) is 26.6 Å². The van der Waals surface area contributed by atoms with Gasteiger partial charge in [0, 0.05) is 30.9 Å². The van der Waals surface area contributed by atoms with E-state index in [2.05, 4.69) is 5.10 Å². The number of halogens is 1. The minimum atomic E-state index is -0.336. The molecule has 0 amide bonds. The molecule has 0 unspecified atom stereocenters. The lowest BCUT2D eigenvalue weighted by Gasteiger charge is -2.06. The molecule has 0 saturated carbocycles. The minimum absolute atomic E-state index is 0.294. The van der Waals surface area contributed by atoms with Gasteiger partial charge in [0.05, 0.1) is 6.20 Å². The van der Waals surface area contributed by atoms with Gasteiger partial charge in [-0.1, -0.05) is 0 Å². The first-order valence-electron chi connectivity index (χ1n) is 5.85. The molecule has 0 aliphatic carbocycles. The lowest BCUT2D eigenvalue weighted by molar-refractivity contribution is 0.304. The van der Waals surface area contributed by atoms with E-state index < -0.39 is 0 Å². The van der Waals surface area contributed by atoms with Crippen LogP contribution in [-0.2, 0) is 19.7 Å². The van der Waals surface area contributed by atoms with Gasteiger partial charge in [-0.2, -0.15) is 5.10 Å². The second-order valence-corrected chi connectivity index (χ2v) is 3.99. The van der Waals surface area contributed by atoms with E-state index in [-0.39, 0.29) is 5.82 Å². The summed E-state index contributed by atoms with van der Waals surface area (Å²) in [6.07, 6.45) is 3.65. The highest BCUT2D eigenvalue weighted by atomic mass is 19.1. The molecule has 0 spiro atoms. The predicted molar refractivity (Wildman–Crippen MR) is 66.5 cm³/mol. The molecule has 1 aromatic carbocycles. The second kappa shape index (κ2) is 5.64. The highest BCUT2D eigenvalue weighted by Crippen LogP contribution is 2.17. The fourth-order valence-electron chi connectivity index (χ4n) is 1.64. The van der Waals surface area contributed by atoms with Gasteiger partial charge in [0.2, 0.25) is 0 Å². The van der Waals surface area contributed by atoms with Gasteiger partial charge in [-0.15, -0.1) is 0 Å². The maximum Gasteiger partial charge on any atom is 0.127 e. The predicted octanol–water partition coefficient (Wildman–Crippen LogP) is 2.08. The topological polar surface area (TPSA) is 53.1 Å². The number of aryl methyl sites for hydroxylation is 1.